The number of aromatic nitrogens is 2. The molecule has 0 spiro atoms. The van der Waals surface area contributed by atoms with Crippen LogP contribution in [-0.4, -0.2) is 45.9 Å². The number of piperidine rings is 1. The molecule has 0 aliphatic carbocycles. The van der Waals surface area contributed by atoms with E-state index in [9.17, 15) is 9.59 Å². The fourth-order valence-corrected chi connectivity index (χ4v) is 4.99. The largest absolute Gasteiger partial charge is 0.336 e. The molecule has 6 heteroatoms. The van der Waals surface area contributed by atoms with Gasteiger partial charge in [-0.15, -0.1) is 0 Å². The Morgan fingerprint density at radius 3 is 2.45 bits per heavy atom. The van der Waals surface area contributed by atoms with Crippen molar-refractivity contribution in [2.24, 2.45) is 0 Å². The average Bonchev–Trinajstić information content (AvgIpc) is 3.18. The van der Waals surface area contributed by atoms with Crippen LogP contribution in [0, 0.1) is 0 Å². The highest BCUT2D eigenvalue weighted by Gasteiger charge is 2.33. The third-order valence-corrected chi connectivity index (χ3v) is 6.51. The Bertz CT molecular complexity index is 942. The van der Waals surface area contributed by atoms with Crippen LogP contribution in [0.25, 0.3) is 0 Å². The number of para-hydroxylation sites is 1. The number of benzene rings is 1. The normalized spacial score (nSPS) is 18.9. The first-order valence-corrected chi connectivity index (χ1v) is 11.0. The lowest BCUT2D eigenvalue weighted by atomic mass is 10.0. The number of fused-ring (bicyclic) bond motifs is 2. The van der Waals surface area contributed by atoms with E-state index < -0.39 is 0 Å². The molecule has 3 aliphatic rings. The van der Waals surface area contributed by atoms with Crippen molar-refractivity contribution >= 4 is 17.5 Å². The summed E-state index contributed by atoms with van der Waals surface area (Å²) in [5, 5.41) is 0. The summed E-state index contributed by atoms with van der Waals surface area (Å²) in [6, 6.07) is 8.14. The van der Waals surface area contributed by atoms with Crippen molar-refractivity contribution in [2.75, 3.05) is 24.5 Å². The molecular weight excluding hydrogens is 364 g/mol. The van der Waals surface area contributed by atoms with Crippen LogP contribution in [0.5, 0.6) is 0 Å². The van der Waals surface area contributed by atoms with Crippen LogP contribution in [-0.2, 0) is 19.4 Å². The van der Waals surface area contributed by atoms with Gasteiger partial charge in [-0.05, 0) is 63.0 Å². The highest BCUT2D eigenvalue weighted by atomic mass is 16.2. The summed E-state index contributed by atoms with van der Waals surface area (Å²) in [6.07, 6.45) is 8.13. The van der Waals surface area contributed by atoms with E-state index in [1.165, 1.54) is 12.0 Å². The molecule has 2 aromatic rings. The standard InChI is InChI=1S/C23H28N4O2/c28-22(27-16-8-10-17-9-2-3-11-18(17)27)20-19-12-4-7-15-26(19)21(24-20)23(29)25-13-5-1-6-14-25/h2-3,9,11H,1,4-8,10,12-16H2. The van der Waals surface area contributed by atoms with E-state index in [2.05, 4.69) is 6.07 Å². The molecule has 1 aromatic heterocycles. The fraction of sp³-hybridized carbons (Fsp3) is 0.522. The molecule has 3 aliphatic heterocycles. The topological polar surface area (TPSA) is 58.4 Å². The van der Waals surface area contributed by atoms with Crippen molar-refractivity contribution in [3.8, 4) is 0 Å². The molecule has 0 atom stereocenters. The molecule has 5 rings (SSSR count). The highest BCUT2D eigenvalue weighted by molar-refractivity contribution is 6.07. The second kappa shape index (κ2) is 7.65. The predicted octanol–water partition coefficient (Wildman–Crippen LogP) is 3.44. The zero-order valence-corrected chi connectivity index (χ0v) is 16.9. The first-order chi connectivity index (χ1) is 14.2. The van der Waals surface area contributed by atoms with Crippen LogP contribution in [0.15, 0.2) is 24.3 Å². The maximum absolute atomic E-state index is 13.6. The van der Waals surface area contributed by atoms with E-state index in [-0.39, 0.29) is 11.8 Å². The Balaban J connectivity index is 1.52. The lowest BCUT2D eigenvalue weighted by molar-refractivity contribution is 0.0705. The van der Waals surface area contributed by atoms with Crippen LogP contribution >= 0.6 is 0 Å². The van der Waals surface area contributed by atoms with Gasteiger partial charge in [0.15, 0.2) is 11.5 Å². The van der Waals surface area contributed by atoms with Crippen molar-refractivity contribution in [2.45, 2.75) is 57.9 Å². The van der Waals surface area contributed by atoms with Crippen molar-refractivity contribution in [3.05, 3.63) is 47.0 Å². The summed E-state index contributed by atoms with van der Waals surface area (Å²) < 4.78 is 2.03. The molecule has 1 saturated heterocycles. The second-order valence-electron chi connectivity index (χ2n) is 8.38. The van der Waals surface area contributed by atoms with Crippen molar-refractivity contribution < 1.29 is 9.59 Å². The van der Waals surface area contributed by atoms with E-state index in [0.29, 0.717) is 18.1 Å². The zero-order chi connectivity index (χ0) is 19.8. The third kappa shape index (κ3) is 3.24. The molecule has 0 saturated carbocycles. The van der Waals surface area contributed by atoms with E-state index >= 15 is 0 Å². The van der Waals surface area contributed by atoms with Gasteiger partial charge in [0.2, 0.25) is 0 Å². The van der Waals surface area contributed by atoms with Gasteiger partial charge in [0.25, 0.3) is 11.8 Å². The van der Waals surface area contributed by atoms with Gasteiger partial charge in [0.05, 0.1) is 5.69 Å². The fourth-order valence-electron chi connectivity index (χ4n) is 4.99. The van der Waals surface area contributed by atoms with Gasteiger partial charge in [0.1, 0.15) is 0 Å². The molecule has 0 bridgehead atoms. The number of imidazole rings is 1. The monoisotopic (exact) mass is 392 g/mol. The Hall–Kier alpha value is -2.63. The summed E-state index contributed by atoms with van der Waals surface area (Å²) in [4.78, 5) is 35.2. The molecule has 0 N–H and O–H groups in total. The van der Waals surface area contributed by atoms with Gasteiger partial charge in [-0.2, -0.15) is 0 Å². The minimum atomic E-state index is -0.0551. The number of carbonyl (C=O) groups excluding carboxylic acids is 2. The minimum Gasteiger partial charge on any atom is -0.336 e. The predicted molar refractivity (Wildman–Crippen MR) is 111 cm³/mol. The van der Waals surface area contributed by atoms with Crippen LogP contribution < -0.4 is 4.90 Å². The number of hydrogen-bond donors (Lipinski definition) is 0. The molecule has 0 unspecified atom stereocenters. The molecule has 4 heterocycles. The third-order valence-electron chi connectivity index (χ3n) is 6.51. The molecular formula is C23H28N4O2. The molecule has 29 heavy (non-hydrogen) atoms. The number of amides is 2. The van der Waals surface area contributed by atoms with Gasteiger partial charge in [-0.1, -0.05) is 18.2 Å². The van der Waals surface area contributed by atoms with Gasteiger partial charge >= 0.3 is 0 Å². The molecule has 6 nitrogen and oxygen atoms in total. The van der Waals surface area contributed by atoms with E-state index in [1.807, 2.05) is 32.6 Å². The molecule has 152 valence electrons. The molecule has 1 aromatic carbocycles. The van der Waals surface area contributed by atoms with Gasteiger partial charge in [-0.25, -0.2) is 4.98 Å². The Labute approximate surface area is 171 Å². The second-order valence-corrected chi connectivity index (χ2v) is 8.38. The maximum Gasteiger partial charge on any atom is 0.289 e. The minimum absolute atomic E-state index is 0.00838. The van der Waals surface area contributed by atoms with Gasteiger partial charge < -0.3 is 14.4 Å². The first kappa shape index (κ1) is 18.4. The van der Waals surface area contributed by atoms with E-state index in [4.69, 9.17) is 4.98 Å². The number of nitrogens with zero attached hydrogens (tertiary/aromatic N) is 4. The number of rotatable bonds is 2. The van der Waals surface area contributed by atoms with Gasteiger partial charge in [0, 0.05) is 31.9 Å². The van der Waals surface area contributed by atoms with Crippen molar-refractivity contribution in [3.63, 3.8) is 0 Å². The summed E-state index contributed by atoms with van der Waals surface area (Å²) >= 11 is 0. The number of anilines is 1. The summed E-state index contributed by atoms with van der Waals surface area (Å²) in [7, 11) is 0. The maximum atomic E-state index is 13.6. The summed E-state index contributed by atoms with van der Waals surface area (Å²) in [5.74, 6) is 0.404. The lowest BCUT2D eigenvalue weighted by Gasteiger charge is -2.29. The van der Waals surface area contributed by atoms with Crippen LogP contribution in [0.1, 0.15) is 70.9 Å². The van der Waals surface area contributed by atoms with Gasteiger partial charge in [-0.3, -0.25) is 9.59 Å². The molecule has 1 fully saturated rings. The smallest absolute Gasteiger partial charge is 0.289 e. The first-order valence-electron chi connectivity index (χ1n) is 11.0. The van der Waals surface area contributed by atoms with Crippen LogP contribution in [0.4, 0.5) is 5.69 Å². The van der Waals surface area contributed by atoms with Crippen LogP contribution in [0.2, 0.25) is 0 Å². The number of aryl methyl sites for hydroxylation is 1. The Kier molecular flexibility index (Phi) is 4.86. The summed E-state index contributed by atoms with van der Waals surface area (Å²) in [5.41, 5.74) is 3.64. The average molecular weight is 393 g/mol. The Morgan fingerprint density at radius 2 is 1.59 bits per heavy atom. The quantitative estimate of drug-likeness (QED) is 0.787. The zero-order valence-electron chi connectivity index (χ0n) is 16.9. The van der Waals surface area contributed by atoms with Crippen LogP contribution in [0.3, 0.4) is 0 Å². The van der Waals surface area contributed by atoms with E-state index in [0.717, 1.165) is 76.0 Å². The van der Waals surface area contributed by atoms with E-state index in [1.54, 1.807) is 0 Å². The number of carbonyl (C=O) groups is 2. The summed E-state index contributed by atoms with van der Waals surface area (Å²) in [6.45, 7) is 3.08. The SMILES string of the molecule is O=C(c1nc(C(=O)N2CCCc3ccccc32)c2n1CCCC2)N1CCCCC1. The Morgan fingerprint density at radius 1 is 0.793 bits per heavy atom. The number of likely N-dealkylation sites (tertiary alicyclic amines) is 1. The van der Waals surface area contributed by atoms with Crippen molar-refractivity contribution in [1.29, 1.82) is 0 Å². The lowest BCUT2D eigenvalue weighted by Crippen LogP contribution is -2.37. The molecule has 0 radical (unpaired) electrons. The number of hydrogen-bond acceptors (Lipinski definition) is 3. The van der Waals surface area contributed by atoms with Crippen molar-refractivity contribution in [1.82, 2.24) is 14.5 Å². The highest BCUT2D eigenvalue weighted by Crippen LogP contribution is 2.30. The molecule has 2 amide bonds.